The van der Waals surface area contributed by atoms with Gasteiger partial charge >= 0.3 is 17.9 Å². The third-order valence-corrected chi connectivity index (χ3v) is 12.0. The van der Waals surface area contributed by atoms with Crippen LogP contribution in [0.1, 0.15) is 36.1 Å². The third-order valence-electron chi connectivity index (χ3n) is 10.6. The van der Waals surface area contributed by atoms with E-state index < -0.39 is 51.1 Å². The maximum absolute atomic E-state index is 14.5. The minimum atomic E-state index is -4.70. The number of aromatic nitrogens is 4. The van der Waals surface area contributed by atoms with Crippen LogP contribution in [0.2, 0.25) is 0 Å². The monoisotopic (exact) mass is 760 g/mol. The first-order chi connectivity index (χ1) is 25.5. The van der Waals surface area contributed by atoms with Crippen LogP contribution >= 0.6 is 0 Å². The highest BCUT2D eigenvalue weighted by molar-refractivity contribution is 7.86. The van der Waals surface area contributed by atoms with E-state index in [0.717, 1.165) is 38.8 Å². The van der Waals surface area contributed by atoms with Crippen LogP contribution in [0.25, 0.3) is 22.8 Å². The summed E-state index contributed by atoms with van der Waals surface area (Å²) in [6, 6.07) is 20.2. The van der Waals surface area contributed by atoms with Crippen molar-refractivity contribution in [3.05, 3.63) is 118 Å². The smallest absolute Gasteiger partial charge is 0.332 e. The predicted molar refractivity (Wildman–Crippen MR) is 191 cm³/mol. The molecule has 0 radical (unpaired) electrons. The minimum absolute atomic E-state index is 0.0348. The Balaban J connectivity index is 1.32. The summed E-state index contributed by atoms with van der Waals surface area (Å²) in [6.07, 6.45) is -2.55. The van der Waals surface area contributed by atoms with Crippen molar-refractivity contribution in [2.75, 3.05) is 27.2 Å². The standard InChI is InChI=1S/C38H36F3N7O5S/c1-25-33(32-16-19-43-47(32)28-14-12-26(24-42)13-15-28)46(36(50)45(25)29-9-7-8-27(22-29)38(39,40)41)35(49)44-31-23-37(17-20-48(2,3)21-18-37)34(31)53-54(51,52)30-10-5-4-6-11-30/h4-16,19,22,31,34H,17-18,20-21,23H2,1-3H3/p+1. The summed E-state index contributed by atoms with van der Waals surface area (Å²) in [7, 11) is -0.0733. The number of quaternary nitrogens is 1. The molecule has 2 unspecified atom stereocenters. The van der Waals surface area contributed by atoms with E-state index in [2.05, 4.69) is 24.5 Å². The molecule has 12 nitrogen and oxygen atoms in total. The molecular weight excluding hydrogens is 724 g/mol. The summed E-state index contributed by atoms with van der Waals surface area (Å²) in [5.41, 5.74) is -1.31. The van der Waals surface area contributed by atoms with Crippen molar-refractivity contribution in [3.8, 4) is 28.8 Å². The van der Waals surface area contributed by atoms with Gasteiger partial charge in [0.2, 0.25) is 0 Å². The predicted octanol–water partition coefficient (Wildman–Crippen LogP) is 5.65. The van der Waals surface area contributed by atoms with Gasteiger partial charge in [0.05, 0.1) is 84.3 Å². The molecule has 1 amide bonds. The number of nitriles is 1. The Morgan fingerprint density at radius 3 is 2.33 bits per heavy atom. The number of alkyl halides is 3. The van der Waals surface area contributed by atoms with Gasteiger partial charge in [-0.1, -0.05) is 24.3 Å². The van der Waals surface area contributed by atoms with Crippen LogP contribution in [0.3, 0.4) is 0 Å². The lowest BCUT2D eigenvalue weighted by molar-refractivity contribution is -0.898. The zero-order valence-electron chi connectivity index (χ0n) is 29.6. The molecule has 16 heteroatoms. The zero-order chi connectivity index (χ0) is 38.6. The van der Waals surface area contributed by atoms with Crippen LogP contribution in [-0.4, -0.2) is 77.2 Å². The summed E-state index contributed by atoms with van der Waals surface area (Å²) in [6.45, 7) is 3.03. The highest BCUT2D eigenvalue weighted by Gasteiger charge is 2.59. The molecule has 5 aromatic rings. The maximum atomic E-state index is 14.5. The first kappa shape index (κ1) is 36.8. The first-order valence-electron chi connectivity index (χ1n) is 17.2. The fraction of sp³-hybridized carbons (Fsp3) is 0.316. The number of benzene rings is 3. The molecule has 2 aromatic heterocycles. The average Bonchev–Trinajstić information content (AvgIpc) is 3.72. The van der Waals surface area contributed by atoms with Gasteiger partial charge in [-0.15, -0.1) is 0 Å². The van der Waals surface area contributed by atoms with Crippen LogP contribution in [-0.2, 0) is 20.5 Å². The van der Waals surface area contributed by atoms with Gasteiger partial charge in [-0.05, 0) is 74.0 Å². The second kappa shape index (κ2) is 13.4. The van der Waals surface area contributed by atoms with Crippen molar-refractivity contribution in [1.82, 2.24) is 24.2 Å². The first-order valence-corrected chi connectivity index (χ1v) is 18.6. The molecule has 1 aliphatic carbocycles. The minimum Gasteiger partial charge on any atom is -0.332 e. The Morgan fingerprint density at radius 1 is 1.00 bits per heavy atom. The number of amides is 1. The molecule has 0 bridgehead atoms. The summed E-state index contributed by atoms with van der Waals surface area (Å²) >= 11 is 0. The normalized spacial score (nSPS) is 19.2. The molecular formula is C38H37F3N7O5S+. The van der Waals surface area contributed by atoms with Crippen LogP contribution in [0.4, 0.5) is 18.0 Å². The number of nitrogens with one attached hydrogen (secondary N) is 1. The molecule has 1 saturated heterocycles. The van der Waals surface area contributed by atoms with E-state index in [9.17, 15) is 36.4 Å². The van der Waals surface area contributed by atoms with Gasteiger partial charge in [-0.2, -0.15) is 31.9 Å². The van der Waals surface area contributed by atoms with E-state index in [0.29, 0.717) is 30.5 Å². The Morgan fingerprint density at radius 2 is 1.69 bits per heavy atom. The molecule has 3 aromatic carbocycles. The van der Waals surface area contributed by atoms with Crippen molar-refractivity contribution in [2.45, 2.75) is 49.4 Å². The molecule has 1 N–H and O–H groups in total. The lowest BCUT2D eigenvalue weighted by Crippen LogP contribution is -2.68. The van der Waals surface area contributed by atoms with Crippen molar-refractivity contribution in [2.24, 2.45) is 5.41 Å². The Kier molecular flexibility index (Phi) is 9.15. The number of hydrogen-bond donors (Lipinski definition) is 1. The van der Waals surface area contributed by atoms with E-state index in [1.165, 1.54) is 42.1 Å². The number of halogens is 3. The SMILES string of the molecule is Cc1c(-c2ccnn2-c2ccc(C#N)cc2)n(C(=O)NC2CC3(CC[N+](C)(C)CC3)C2OS(=O)(=O)c2ccccc2)c(=O)n1-c1cccc(C(F)(F)F)c1. The fourth-order valence-corrected chi connectivity index (χ4v) is 8.80. The lowest BCUT2D eigenvalue weighted by Gasteiger charge is -2.57. The van der Waals surface area contributed by atoms with Crippen LogP contribution in [0.5, 0.6) is 0 Å². The van der Waals surface area contributed by atoms with Gasteiger partial charge in [0.25, 0.3) is 10.1 Å². The second-order valence-electron chi connectivity index (χ2n) is 14.5. The van der Waals surface area contributed by atoms with E-state index in [-0.39, 0.29) is 27.7 Å². The maximum Gasteiger partial charge on any atom is 0.416 e. The van der Waals surface area contributed by atoms with E-state index >= 15 is 0 Å². The zero-order valence-corrected chi connectivity index (χ0v) is 30.4. The molecule has 7 rings (SSSR count). The number of imidazole rings is 1. The van der Waals surface area contributed by atoms with Crippen molar-refractivity contribution in [1.29, 1.82) is 5.26 Å². The second-order valence-corrected chi connectivity index (χ2v) is 16.1. The Labute approximate surface area is 309 Å². The summed E-state index contributed by atoms with van der Waals surface area (Å²) < 4.78 is 78.6. The van der Waals surface area contributed by atoms with Crippen LogP contribution in [0.15, 0.2) is 101 Å². The molecule has 2 fully saturated rings. The van der Waals surface area contributed by atoms with Gasteiger partial charge in [-0.3, -0.25) is 8.75 Å². The van der Waals surface area contributed by atoms with Gasteiger partial charge in [0, 0.05) is 18.3 Å². The van der Waals surface area contributed by atoms with Gasteiger partial charge in [0.15, 0.2) is 0 Å². The molecule has 1 saturated carbocycles. The molecule has 1 spiro atoms. The molecule has 2 aliphatic rings. The van der Waals surface area contributed by atoms with E-state index in [1.807, 2.05) is 6.07 Å². The molecule has 3 heterocycles. The van der Waals surface area contributed by atoms with Crippen molar-refractivity contribution in [3.63, 3.8) is 0 Å². The molecule has 1 aliphatic heterocycles. The number of rotatable bonds is 7. The number of piperidine rings is 1. The van der Waals surface area contributed by atoms with Crippen LogP contribution in [0, 0.1) is 23.7 Å². The highest BCUT2D eigenvalue weighted by atomic mass is 32.2. The van der Waals surface area contributed by atoms with Crippen molar-refractivity contribution < 1.29 is 35.0 Å². The topological polar surface area (TPSA) is 141 Å². The Bertz CT molecular complexity index is 2440. The highest BCUT2D eigenvalue weighted by Crippen LogP contribution is 2.52. The van der Waals surface area contributed by atoms with Gasteiger partial charge < -0.3 is 9.80 Å². The largest absolute Gasteiger partial charge is 0.416 e. The number of nitrogens with zero attached hydrogens (tertiary/aromatic N) is 6. The lowest BCUT2D eigenvalue weighted by atomic mass is 9.58. The summed E-state index contributed by atoms with van der Waals surface area (Å²) in [4.78, 5) is 28.8. The third kappa shape index (κ3) is 6.63. The number of hydrogen-bond acceptors (Lipinski definition) is 7. The number of carbonyl (C=O) groups is 1. The number of likely N-dealkylation sites (tertiary alicyclic amines) is 1. The Hall–Kier alpha value is -5.50. The van der Waals surface area contributed by atoms with Crippen LogP contribution < -0.4 is 11.0 Å². The number of carbonyl (C=O) groups excluding carboxylic acids is 1. The molecule has 2 atom stereocenters. The average molecular weight is 761 g/mol. The summed E-state index contributed by atoms with van der Waals surface area (Å²) in [5, 5.41) is 16.6. The summed E-state index contributed by atoms with van der Waals surface area (Å²) in [5.74, 6) is 0. The van der Waals surface area contributed by atoms with Crippen molar-refractivity contribution >= 4 is 16.1 Å². The molecule has 54 heavy (non-hydrogen) atoms. The van der Waals surface area contributed by atoms with E-state index in [1.54, 1.807) is 48.5 Å². The van der Waals surface area contributed by atoms with E-state index in [4.69, 9.17) is 4.18 Å². The van der Waals surface area contributed by atoms with Gasteiger partial charge in [0.1, 0.15) is 11.8 Å². The molecule has 280 valence electrons. The van der Waals surface area contributed by atoms with Gasteiger partial charge in [-0.25, -0.2) is 18.8 Å². The quantitative estimate of drug-likeness (QED) is 0.167. The fourth-order valence-electron chi connectivity index (χ4n) is 7.59.